The molecule has 0 aromatic rings. The number of aliphatic hydroxyl groups is 4. The number of aliphatic hydroxyl groups excluding tert-OH is 3. The molecule has 0 spiro atoms. The van der Waals surface area contributed by atoms with Gasteiger partial charge in [-0.05, 0) is 88.4 Å². The van der Waals surface area contributed by atoms with Crippen molar-refractivity contribution in [1.29, 1.82) is 0 Å². The standard InChI is InChI=1S/C27H46O4/c1-18(7-5-13-26(2,3)31)22-11-12-23-20(8-6-14-27(22,23)4)10-9-19-15-24(29)21(17-28)25(30)16-19/h9-10,18,21-25,28-31H,5-8,11-17H2,1-4H3/b19-9?,20-10+/t18?,21?,22-,23?,24-,25-,27-/m1/s1. The van der Waals surface area contributed by atoms with Gasteiger partial charge in [0.25, 0.3) is 0 Å². The first kappa shape index (κ1) is 25.0. The maximum atomic E-state index is 10.3. The molecule has 0 radical (unpaired) electrons. The zero-order valence-electron chi connectivity index (χ0n) is 20.2. The minimum absolute atomic E-state index is 0.160. The summed E-state index contributed by atoms with van der Waals surface area (Å²) in [4.78, 5) is 0. The van der Waals surface area contributed by atoms with E-state index in [4.69, 9.17) is 0 Å². The van der Waals surface area contributed by atoms with Gasteiger partial charge in [0.2, 0.25) is 0 Å². The third-order valence-electron chi connectivity index (χ3n) is 8.85. The Kier molecular flexibility index (Phi) is 8.11. The van der Waals surface area contributed by atoms with Crippen molar-refractivity contribution in [2.45, 2.75) is 110 Å². The minimum Gasteiger partial charge on any atom is -0.396 e. The highest BCUT2D eigenvalue weighted by molar-refractivity contribution is 5.26. The van der Waals surface area contributed by atoms with Gasteiger partial charge in [-0.15, -0.1) is 0 Å². The van der Waals surface area contributed by atoms with Crippen molar-refractivity contribution in [3.05, 3.63) is 23.3 Å². The maximum absolute atomic E-state index is 10.3. The molecule has 0 bridgehead atoms. The fraction of sp³-hybridized carbons (Fsp3) is 0.852. The smallest absolute Gasteiger partial charge is 0.0652 e. The van der Waals surface area contributed by atoms with Gasteiger partial charge in [-0.2, -0.15) is 0 Å². The summed E-state index contributed by atoms with van der Waals surface area (Å²) in [5.74, 6) is 1.66. The zero-order valence-corrected chi connectivity index (χ0v) is 20.2. The van der Waals surface area contributed by atoms with Crippen LogP contribution in [0.2, 0.25) is 0 Å². The molecular weight excluding hydrogens is 388 g/mol. The lowest BCUT2D eigenvalue weighted by atomic mass is 9.60. The molecule has 3 aliphatic carbocycles. The topological polar surface area (TPSA) is 80.9 Å². The van der Waals surface area contributed by atoms with Crippen LogP contribution in [0, 0.1) is 29.1 Å². The highest BCUT2D eigenvalue weighted by Gasteiger charge is 2.50. The summed E-state index contributed by atoms with van der Waals surface area (Å²) in [6, 6.07) is 0. The van der Waals surface area contributed by atoms with Crippen molar-refractivity contribution in [2.24, 2.45) is 29.1 Å². The molecule has 0 aromatic carbocycles. The van der Waals surface area contributed by atoms with Gasteiger partial charge in [0.05, 0.1) is 24.4 Å². The zero-order chi connectivity index (χ0) is 22.8. The minimum atomic E-state index is -0.657. The Balaban J connectivity index is 1.66. The highest BCUT2D eigenvalue weighted by Crippen LogP contribution is 2.60. The van der Waals surface area contributed by atoms with Crippen LogP contribution in [0.25, 0.3) is 0 Å². The maximum Gasteiger partial charge on any atom is 0.0652 e. The fourth-order valence-electron chi connectivity index (χ4n) is 7.06. The Hall–Kier alpha value is -0.680. The molecule has 6 atom stereocenters. The molecule has 4 heteroatoms. The Morgan fingerprint density at radius 2 is 1.81 bits per heavy atom. The first-order valence-electron chi connectivity index (χ1n) is 12.6. The summed E-state index contributed by atoms with van der Waals surface area (Å²) >= 11 is 0. The normalized spacial score (nSPS) is 38.9. The van der Waals surface area contributed by atoms with E-state index in [1.54, 1.807) is 5.57 Å². The SMILES string of the molecule is CC(CCCC(C)(C)O)[C@H]1CCC2/C(=C/C=C3C[C@@H](O)C(CO)[C@H](O)C3)CCC[C@@]21C. The third-order valence-corrected chi connectivity index (χ3v) is 8.85. The van der Waals surface area contributed by atoms with Crippen molar-refractivity contribution in [2.75, 3.05) is 6.61 Å². The predicted octanol–water partition coefficient (Wildman–Crippen LogP) is 4.76. The van der Waals surface area contributed by atoms with Crippen LogP contribution in [-0.2, 0) is 0 Å². The van der Waals surface area contributed by atoms with Gasteiger partial charge in [-0.3, -0.25) is 0 Å². The number of rotatable bonds is 7. The van der Waals surface area contributed by atoms with E-state index in [1.165, 1.54) is 32.1 Å². The van der Waals surface area contributed by atoms with E-state index in [1.807, 2.05) is 13.8 Å². The van der Waals surface area contributed by atoms with E-state index >= 15 is 0 Å². The van der Waals surface area contributed by atoms with Gasteiger partial charge >= 0.3 is 0 Å². The van der Waals surface area contributed by atoms with Gasteiger partial charge in [-0.25, -0.2) is 0 Å². The van der Waals surface area contributed by atoms with Gasteiger partial charge in [0.1, 0.15) is 0 Å². The van der Waals surface area contributed by atoms with Crippen molar-refractivity contribution >= 4 is 0 Å². The molecule has 31 heavy (non-hydrogen) atoms. The van der Waals surface area contributed by atoms with Gasteiger partial charge in [0.15, 0.2) is 0 Å². The molecule has 3 rings (SSSR count). The molecule has 0 amide bonds. The van der Waals surface area contributed by atoms with Crippen LogP contribution >= 0.6 is 0 Å². The second-order valence-corrected chi connectivity index (χ2v) is 11.7. The van der Waals surface area contributed by atoms with Gasteiger partial charge in [-0.1, -0.05) is 50.0 Å². The van der Waals surface area contributed by atoms with E-state index in [0.717, 1.165) is 30.8 Å². The second-order valence-electron chi connectivity index (χ2n) is 11.7. The monoisotopic (exact) mass is 434 g/mol. The summed E-state index contributed by atoms with van der Waals surface area (Å²) < 4.78 is 0. The first-order chi connectivity index (χ1) is 14.5. The number of hydrogen-bond donors (Lipinski definition) is 4. The van der Waals surface area contributed by atoms with Crippen molar-refractivity contribution in [1.82, 2.24) is 0 Å². The van der Waals surface area contributed by atoms with Crippen LogP contribution in [-0.4, -0.2) is 44.8 Å². The number of allylic oxidation sites excluding steroid dienone is 3. The molecule has 178 valence electrons. The fourth-order valence-corrected chi connectivity index (χ4v) is 7.06. The molecule has 3 fully saturated rings. The second kappa shape index (κ2) is 10.1. The van der Waals surface area contributed by atoms with Gasteiger partial charge < -0.3 is 20.4 Å². The number of fused-ring (bicyclic) bond motifs is 1. The molecule has 4 N–H and O–H groups in total. The summed E-state index contributed by atoms with van der Waals surface area (Å²) in [5, 5.41) is 39.9. The summed E-state index contributed by atoms with van der Waals surface area (Å²) in [5.41, 5.74) is 2.46. The molecule has 3 saturated carbocycles. The first-order valence-corrected chi connectivity index (χ1v) is 12.6. The van der Waals surface area contributed by atoms with E-state index in [9.17, 15) is 20.4 Å². The number of hydrogen-bond acceptors (Lipinski definition) is 4. The van der Waals surface area contributed by atoms with Crippen LogP contribution in [0.1, 0.15) is 91.9 Å². The summed E-state index contributed by atoms with van der Waals surface area (Å²) in [6.45, 7) is 8.59. The van der Waals surface area contributed by atoms with E-state index < -0.39 is 23.7 Å². The van der Waals surface area contributed by atoms with Crippen molar-refractivity contribution in [3.8, 4) is 0 Å². The highest BCUT2D eigenvalue weighted by atomic mass is 16.3. The molecular formula is C27H46O4. The quantitative estimate of drug-likeness (QED) is 0.466. The molecule has 0 aromatic heterocycles. The molecule has 3 aliphatic rings. The lowest BCUT2D eigenvalue weighted by molar-refractivity contribution is -0.0312. The molecule has 0 saturated heterocycles. The van der Waals surface area contributed by atoms with Crippen molar-refractivity contribution < 1.29 is 20.4 Å². The van der Waals surface area contributed by atoms with E-state index in [-0.39, 0.29) is 6.61 Å². The molecule has 0 aliphatic heterocycles. The average Bonchev–Trinajstić information content (AvgIpc) is 3.02. The van der Waals surface area contributed by atoms with Crippen LogP contribution in [0.3, 0.4) is 0 Å². The third kappa shape index (κ3) is 5.82. The lowest BCUT2D eigenvalue weighted by Crippen LogP contribution is -2.39. The molecule has 4 nitrogen and oxygen atoms in total. The van der Waals surface area contributed by atoms with Crippen LogP contribution < -0.4 is 0 Å². The van der Waals surface area contributed by atoms with Crippen LogP contribution in [0.5, 0.6) is 0 Å². The summed E-state index contributed by atoms with van der Waals surface area (Å²) in [7, 11) is 0. The van der Waals surface area contributed by atoms with E-state index in [2.05, 4.69) is 26.0 Å². The summed E-state index contributed by atoms with van der Waals surface area (Å²) in [6.07, 6.45) is 13.7. The Labute approximate surface area is 189 Å². The van der Waals surface area contributed by atoms with Crippen LogP contribution in [0.15, 0.2) is 23.3 Å². The van der Waals surface area contributed by atoms with Crippen molar-refractivity contribution in [3.63, 3.8) is 0 Å². The van der Waals surface area contributed by atoms with Crippen LogP contribution in [0.4, 0.5) is 0 Å². The van der Waals surface area contributed by atoms with Gasteiger partial charge in [0, 0.05) is 5.92 Å². The molecule has 2 unspecified atom stereocenters. The average molecular weight is 435 g/mol. The van der Waals surface area contributed by atoms with E-state index in [0.29, 0.717) is 30.1 Å². The Bertz CT molecular complexity index is 647. The molecule has 0 heterocycles. The lowest BCUT2D eigenvalue weighted by Gasteiger charge is -2.44. The Morgan fingerprint density at radius 1 is 1.13 bits per heavy atom. The predicted molar refractivity (Wildman–Crippen MR) is 125 cm³/mol. The Morgan fingerprint density at radius 3 is 2.42 bits per heavy atom. The largest absolute Gasteiger partial charge is 0.396 e.